The third-order valence-electron chi connectivity index (χ3n) is 0.842. The molecule has 1 heterocycles. The molecule has 1 fully saturated rings. The van der Waals surface area contributed by atoms with Gasteiger partial charge in [0.15, 0.2) is 6.29 Å². The van der Waals surface area contributed by atoms with Crippen LogP contribution < -0.4 is 0 Å². The monoisotopic (exact) mass is 152 g/mol. The summed E-state index contributed by atoms with van der Waals surface area (Å²) >= 11 is 0. The van der Waals surface area contributed by atoms with Crippen LogP contribution in [0, 0.1) is 0 Å². The third kappa shape index (κ3) is 1.52. The van der Waals surface area contributed by atoms with Crippen molar-refractivity contribution in [3.8, 4) is 0 Å². The lowest BCUT2D eigenvalue weighted by atomic mass is 10.8. The Hall–Kier alpha value is 0.110. The van der Waals surface area contributed by atoms with Gasteiger partial charge in [0.05, 0.1) is 6.61 Å². The maximum Gasteiger partial charge on any atom is 0.479 e. The SMILES string of the molecule is CCOP1(=O)OC(C)O1. The first-order chi connectivity index (χ1) is 4.16. The van der Waals surface area contributed by atoms with Gasteiger partial charge in [0.1, 0.15) is 0 Å². The van der Waals surface area contributed by atoms with E-state index < -0.39 is 7.82 Å². The molecule has 1 saturated heterocycles. The Kier molecular flexibility index (Phi) is 1.91. The molecule has 0 aromatic carbocycles. The molecule has 0 aromatic heterocycles. The van der Waals surface area contributed by atoms with Crippen LogP contribution in [0.5, 0.6) is 0 Å². The van der Waals surface area contributed by atoms with E-state index in [1.165, 1.54) is 0 Å². The average molecular weight is 152 g/mol. The van der Waals surface area contributed by atoms with Crippen LogP contribution in [0.3, 0.4) is 0 Å². The molecule has 0 atom stereocenters. The molecule has 1 rings (SSSR count). The first-order valence-corrected chi connectivity index (χ1v) is 4.24. The Morgan fingerprint density at radius 2 is 2.22 bits per heavy atom. The summed E-state index contributed by atoms with van der Waals surface area (Å²) in [7, 11) is -3.05. The summed E-state index contributed by atoms with van der Waals surface area (Å²) in [6.07, 6.45) is -0.373. The average Bonchev–Trinajstić information content (AvgIpc) is 1.62. The third-order valence-corrected chi connectivity index (χ3v) is 2.53. The van der Waals surface area contributed by atoms with Crippen LogP contribution in [-0.4, -0.2) is 12.9 Å². The number of rotatable bonds is 2. The smallest absolute Gasteiger partial charge is 0.287 e. The highest BCUT2D eigenvalue weighted by Gasteiger charge is 2.41. The Morgan fingerprint density at radius 3 is 2.56 bits per heavy atom. The molecule has 0 aliphatic carbocycles. The summed E-state index contributed by atoms with van der Waals surface area (Å²) in [5.74, 6) is 0. The fourth-order valence-corrected chi connectivity index (χ4v) is 1.77. The number of phosphoric ester groups is 1. The van der Waals surface area contributed by atoms with Crippen molar-refractivity contribution in [2.24, 2.45) is 0 Å². The summed E-state index contributed by atoms with van der Waals surface area (Å²) in [4.78, 5) is 0. The van der Waals surface area contributed by atoms with Gasteiger partial charge in [0, 0.05) is 0 Å². The minimum atomic E-state index is -3.05. The van der Waals surface area contributed by atoms with Gasteiger partial charge in [-0.1, -0.05) is 0 Å². The van der Waals surface area contributed by atoms with Crippen LogP contribution >= 0.6 is 7.82 Å². The van der Waals surface area contributed by atoms with Crippen molar-refractivity contribution in [3.05, 3.63) is 0 Å². The molecule has 0 spiro atoms. The van der Waals surface area contributed by atoms with Gasteiger partial charge < -0.3 is 0 Å². The molecule has 1 aliphatic heterocycles. The molecule has 54 valence electrons. The van der Waals surface area contributed by atoms with Crippen molar-refractivity contribution in [1.82, 2.24) is 0 Å². The highest BCUT2D eigenvalue weighted by molar-refractivity contribution is 7.49. The lowest BCUT2D eigenvalue weighted by Crippen LogP contribution is -2.23. The van der Waals surface area contributed by atoms with Gasteiger partial charge in [-0.15, -0.1) is 0 Å². The van der Waals surface area contributed by atoms with E-state index in [4.69, 9.17) is 0 Å². The molecule has 0 amide bonds. The van der Waals surface area contributed by atoms with Crippen molar-refractivity contribution in [2.75, 3.05) is 6.61 Å². The van der Waals surface area contributed by atoms with E-state index >= 15 is 0 Å². The Morgan fingerprint density at radius 1 is 1.67 bits per heavy atom. The molecule has 0 saturated carbocycles. The molecule has 9 heavy (non-hydrogen) atoms. The molecule has 0 aromatic rings. The van der Waals surface area contributed by atoms with Crippen molar-refractivity contribution < 1.29 is 18.1 Å². The quantitative estimate of drug-likeness (QED) is 0.562. The van der Waals surface area contributed by atoms with E-state index in [0.29, 0.717) is 6.61 Å². The summed E-state index contributed by atoms with van der Waals surface area (Å²) in [6, 6.07) is 0. The maximum absolute atomic E-state index is 10.8. The first kappa shape index (κ1) is 7.22. The normalized spacial score (nSPS) is 42.2. The van der Waals surface area contributed by atoms with Gasteiger partial charge in [-0.25, -0.2) is 4.57 Å². The standard InChI is InChI=1S/C4H9O4P/c1-3-6-9(5)7-4(2)8-9/h4H,3H2,1-2H3. The fraction of sp³-hybridized carbons (Fsp3) is 1.00. The predicted octanol–water partition coefficient (Wildman–Crippen LogP) is 1.52. The molecule has 4 nitrogen and oxygen atoms in total. The van der Waals surface area contributed by atoms with Crippen molar-refractivity contribution in [2.45, 2.75) is 20.1 Å². The van der Waals surface area contributed by atoms with Crippen molar-refractivity contribution in [1.29, 1.82) is 0 Å². The summed E-state index contributed by atoms with van der Waals surface area (Å²) < 4.78 is 24.8. The van der Waals surface area contributed by atoms with Crippen LogP contribution in [0.1, 0.15) is 13.8 Å². The fourth-order valence-electron chi connectivity index (χ4n) is 0.590. The van der Waals surface area contributed by atoms with E-state index in [1.807, 2.05) is 0 Å². The second kappa shape index (κ2) is 2.39. The summed E-state index contributed by atoms with van der Waals surface area (Å²) in [5, 5.41) is 0. The van der Waals surface area contributed by atoms with Gasteiger partial charge in [0.25, 0.3) is 0 Å². The van der Waals surface area contributed by atoms with Crippen molar-refractivity contribution in [3.63, 3.8) is 0 Å². The van der Waals surface area contributed by atoms with Crippen LogP contribution in [0.2, 0.25) is 0 Å². The summed E-state index contributed by atoms with van der Waals surface area (Å²) in [5.41, 5.74) is 0. The molecular formula is C4H9O4P. The van der Waals surface area contributed by atoms with Gasteiger partial charge >= 0.3 is 7.82 Å². The minimum absolute atomic E-state index is 0.351. The lowest BCUT2D eigenvalue weighted by molar-refractivity contribution is -0.113. The number of hydrogen-bond acceptors (Lipinski definition) is 4. The van der Waals surface area contributed by atoms with E-state index in [0.717, 1.165) is 0 Å². The number of hydrogen-bond donors (Lipinski definition) is 0. The number of phosphoric acid groups is 1. The van der Waals surface area contributed by atoms with Crippen LogP contribution in [-0.2, 0) is 18.1 Å². The molecular weight excluding hydrogens is 143 g/mol. The Balaban J connectivity index is 2.32. The van der Waals surface area contributed by atoms with E-state index in [9.17, 15) is 4.57 Å². The zero-order valence-corrected chi connectivity index (χ0v) is 6.26. The van der Waals surface area contributed by atoms with Gasteiger partial charge in [-0.3, -0.25) is 13.6 Å². The largest absolute Gasteiger partial charge is 0.479 e. The Bertz CT molecular complexity index is 127. The van der Waals surface area contributed by atoms with Crippen LogP contribution in [0.15, 0.2) is 0 Å². The summed E-state index contributed by atoms with van der Waals surface area (Å²) in [6.45, 7) is 3.74. The first-order valence-electron chi connectivity index (χ1n) is 2.77. The molecule has 0 bridgehead atoms. The van der Waals surface area contributed by atoms with Gasteiger partial charge in [-0.05, 0) is 13.8 Å². The van der Waals surface area contributed by atoms with Crippen molar-refractivity contribution >= 4 is 7.82 Å². The second-order valence-corrected chi connectivity index (χ2v) is 3.22. The minimum Gasteiger partial charge on any atom is -0.287 e. The predicted molar refractivity (Wildman–Crippen MR) is 30.9 cm³/mol. The molecule has 5 heteroatoms. The molecule has 0 unspecified atom stereocenters. The zero-order chi connectivity index (χ0) is 6.91. The van der Waals surface area contributed by atoms with E-state index in [2.05, 4.69) is 13.6 Å². The highest BCUT2D eigenvalue weighted by Crippen LogP contribution is 2.59. The highest BCUT2D eigenvalue weighted by atomic mass is 31.2. The molecule has 1 aliphatic rings. The molecule has 0 radical (unpaired) electrons. The van der Waals surface area contributed by atoms with Crippen LogP contribution in [0.25, 0.3) is 0 Å². The molecule has 0 N–H and O–H groups in total. The Labute approximate surface area is 53.7 Å². The zero-order valence-electron chi connectivity index (χ0n) is 5.36. The topological polar surface area (TPSA) is 44.8 Å². The van der Waals surface area contributed by atoms with E-state index in [1.54, 1.807) is 13.8 Å². The van der Waals surface area contributed by atoms with Gasteiger partial charge in [0.2, 0.25) is 0 Å². The van der Waals surface area contributed by atoms with Gasteiger partial charge in [-0.2, -0.15) is 0 Å². The second-order valence-electron chi connectivity index (χ2n) is 1.64. The lowest BCUT2D eigenvalue weighted by Gasteiger charge is -2.30. The van der Waals surface area contributed by atoms with E-state index in [-0.39, 0.29) is 6.29 Å². The van der Waals surface area contributed by atoms with Crippen LogP contribution in [0.4, 0.5) is 0 Å². The maximum atomic E-state index is 10.8.